The third kappa shape index (κ3) is 2.98. The van der Waals surface area contributed by atoms with Crippen molar-refractivity contribution >= 4 is 0 Å². The van der Waals surface area contributed by atoms with E-state index in [0.29, 0.717) is 30.5 Å². The maximum atomic E-state index is 13.0. The van der Waals surface area contributed by atoms with Crippen molar-refractivity contribution in [3.8, 4) is 0 Å². The van der Waals surface area contributed by atoms with Crippen molar-refractivity contribution in [2.45, 2.75) is 38.0 Å². The predicted molar refractivity (Wildman–Crippen MR) is 56.3 cm³/mol. The van der Waals surface area contributed by atoms with Crippen molar-refractivity contribution in [2.24, 2.45) is 0 Å². The topological polar surface area (TPSA) is 20.2 Å². The van der Waals surface area contributed by atoms with Crippen LogP contribution >= 0.6 is 0 Å². The Hall–Kier alpha value is -1.17. The molecule has 102 valence electrons. The lowest BCUT2D eigenvalue weighted by Gasteiger charge is -2.20. The van der Waals surface area contributed by atoms with E-state index in [2.05, 4.69) is 0 Å². The van der Waals surface area contributed by atoms with Crippen molar-refractivity contribution in [1.82, 2.24) is 0 Å². The molecule has 0 heterocycles. The van der Waals surface area contributed by atoms with Gasteiger partial charge in [-0.25, -0.2) is 0 Å². The van der Waals surface area contributed by atoms with Gasteiger partial charge in [0.05, 0.1) is 6.10 Å². The molecule has 1 unspecified atom stereocenters. The number of aliphatic hydroxyl groups excluding tert-OH is 1. The van der Waals surface area contributed by atoms with E-state index in [9.17, 15) is 27.1 Å². The Morgan fingerprint density at radius 2 is 1.56 bits per heavy atom. The van der Waals surface area contributed by atoms with Gasteiger partial charge in [-0.1, -0.05) is 37.6 Å². The van der Waals surface area contributed by atoms with E-state index in [1.807, 2.05) is 6.92 Å². The number of alkyl halides is 5. The molecule has 0 aliphatic heterocycles. The summed E-state index contributed by atoms with van der Waals surface area (Å²) in [7, 11) is 0. The first-order chi connectivity index (χ1) is 8.20. The van der Waals surface area contributed by atoms with Gasteiger partial charge in [-0.2, -0.15) is 22.0 Å². The fourth-order valence-electron chi connectivity index (χ4n) is 1.52. The zero-order chi connectivity index (χ0) is 14.0. The molecule has 0 bridgehead atoms. The molecule has 1 aromatic rings. The summed E-state index contributed by atoms with van der Waals surface area (Å²) in [6, 6.07) is 3.58. The molecule has 0 spiro atoms. The molecule has 0 saturated heterocycles. The average Bonchev–Trinajstić information content (AvgIpc) is 2.28. The summed E-state index contributed by atoms with van der Waals surface area (Å²) in [6.07, 6.45) is -5.35. The number of rotatable bonds is 4. The van der Waals surface area contributed by atoms with Crippen molar-refractivity contribution < 1.29 is 27.1 Å². The second kappa shape index (κ2) is 5.22. The molecule has 1 nitrogen and oxygen atoms in total. The van der Waals surface area contributed by atoms with Crippen LogP contribution in [-0.2, 0) is 5.92 Å². The number of benzene rings is 1. The van der Waals surface area contributed by atoms with Crippen molar-refractivity contribution in [1.29, 1.82) is 0 Å². The lowest BCUT2D eigenvalue weighted by Crippen LogP contribution is -2.33. The third-order valence-electron chi connectivity index (χ3n) is 2.58. The van der Waals surface area contributed by atoms with Crippen LogP contribution in [0.15, 0.2) is 24.3 Å². The van der Waals surface area contributed by atoms with Crippen molar-refractivity contribution in [3.63, 3.8) is 0 Å². The summed E-state index contributed by atoms with van der Waals surface area (Å²) in [5, 5.41) is 9.56. The van der Waals surface area contributed by atoms with Gasteiger partial charge in [0, 0.05) is 5.56 Å². The van der Waals surface area contributed by atoms with Crippen LogP contribution in [0.3, 0.4) is 0 Å². The van der Waals surface area contributed by atoms with Crippen molar-refractivity contribution in [3.05, 3.63) is 35.4 Å². The quantitative estimate of drug-likeness (QED) is 0.812. The van der Waals surface area contributed by atoms with Gasteiger partial charge in [-0.3, -0.25) is 0 Å². The normalized spacial score (nSPS) is 14.6. The van der Waals surface area contributed by atoms with Gasteiger partial charge in [0.15, 0.2) is 0 Å². The van der Waals surface area contributed by atoms with Gasteiger partial charge in [-0.05, 0) is 12.0 Å². The van der Waals surface area contributed by atoms with E-state index in [1.54, 1.807) is 0 Å². The van der Waals surface area contributed by atoms with Crippen LogP contribution in [0.5, 0.6) is 0 Å². The molecule has 0 saturated carbocycles. The van der Waals surface area contributed by atoms with Gasteiger partial charge in [0.2, 0.25) is 0 Å². The van der Waals surface area contributed by atoms with Gasteiger partial charge in [0.25, 0.3) is 0 Å². The molecule has 0 radical (unpaired) electrons. The summed E-state index contributed by atoms with van der Waals surface area (Å²) >= 11 is 0. The Morgan fingerprint density at radius 3 is 1.94 bits per heavy atom. The minimum Gasteiger partial charge on any atom is -0.388 e. The highest BCUT2D eigenvalue weighted by atomic mass is 19.4. The van der Waals surface area contributed by atoms with Crippen LogP contribution in [0.2, 0.25) is 0 Å². The molecule has 1 aromatic carbocycles. The van der Waals surface area contributed by atoms with E-state index in [0.717, 1.165) is 12.1 Å². The molecule has 0 amide bonds. The maximum absolute atomic E-state index is 13.0. The molecule has 18 heavy (non-hydrogen) atoms. The van der Waals surface area contributed by atoms with Gasteiger partial charge in [0.1, 0.15) is 0 Å². The summed E-state index contributed by atoms with van der Waals surface area (Å²) < 4.78 is 62.2. The average molecular weight is 268 g/mol. The Morgan fingerprint density at radius 1 is 1.06 bits per heavy atom. The molecular weight excluding hydrogens is 255 g/mol. The number of aliphatic hydroxyl groups is 1. The predicted octanol–water partition coefficient (Wildman–Crippen LogP) is 4.17. The van der Waals surface area contributed by atoms with Gasteiger partial charge < -0.3 is 5.11 Å². The summed E-state index contributed by atoms with van der Waals surface area (Å²) in [5.74, 6) is -4.87. The highest BCUT2D eigenvalue weighted by molar-refractivity contribution is 5.28. The molecule has 0 fully saturated rings. The molecule has 6 heteroatoms. The maximum Gasteiger partial charge on any atom is 0.458 e. The molecule has 1 atom stereocenters. The second-order valence-electron chi connectivity index (χ2n) is 4.00. The molecule has 0 aliphatic carbocycles. The first-order valence-electron chi connectivity index (χ1n) is 5.43. The lowest BCUT2D eigenvalue weighted by atomic mass is 10.0. The summed E-state index contributed by atoms with van der Waals surface area (Å²) in [6.45, 7) is 1.83. The number of halogens is 5. The third-order valence-corrected chi connectivity index (χ3v) is 2.58. The van der Waals surface area contributed by atoms with Gasteiger partial charge >= 0.3 is 12.1 Å². The fourth-order valence-corrected chi connectivity index (χ4v) is 1.52. The Kier molecular flexibility index (Phi) is 4.32. The van der Waals surface area contributed by atoms with Crippen LogP contribution in [-0.4, -0.2) is 11.3 Å². The molecule has 0 aliphatic rings. The summed E-state index contributed by atoms with van der Waals surface area (Å²) in [4.78, 5) is 0. The highest BCUT2D eigenvalue weighted by Gasteiger charge is 2.58. The second-order valence-corrected chi connectivity index (χ2v) is 4.00. The smallest absolute Gasteiger partial charge is 0.388 e. The van der Waals surface area contributed by atoms with Crippen LogP contribution in [0.25, 0.3) is 0 Å². The highest BCUT2D eigenvalue weighted by Crippen LogP contribution is 2.43. The van der Waals surface area contributed by atoms with E-state index in [1.165, 1.54) is 0 Å². The van der Waals surface area contributed by atoms with Crippen LogP contribution in [0, 0.1) is 0 Å². The van der Waals surface area contributed by atoms with Crippen molar-refractivity contribution in [2.75, 3.05) is 0 Å². The first-order valence-corrected chi connectivity index (χ1v) is 5.43. The fraction of sp³-hybridized carbons (Fsp3) is 0.500. The molecule has 0 aromatic heterocycles. The molecule has 1 rings (SSSR count). The Bertz CT molecular complexity index is 382. The Labute approximate surface area is 101 Å². The zero-order valence-corrected chi connectivity index (χ0v) is 9.64. The molecular formula is C12H13F5O. The van der Waals surface area contributed by atoms with Crippen LogP contribution in [0.4, 0.5) is 22.0 Å². The van der Waals surface area contributed by atoms with Crippen LogP contribution < -0.4 is 0 Å². The van der Waals surface area contributed by atoms with E-state index in [-0.39, 0.29) is 0 Å². The SMILES string of the molecule is CCCC(O)c1ccc(C(F)(F)C(F)(F)F)cc1. The van der Waals surface area contributed by atoms with Crippen LogP contribution in [0.1, 0.15) is 37.0 Å². The standard InChI is InChI=1S/C12H13F5O/c1-2-3-10(18)8-4-6-9(7-5-8)11(13,14)12(15,16)17/h4-7,10,18H,2-3H2,1H3. The minimum absolute atomic E-state index is 0.332. The lowest BCUT2D eigenvalue weighted by molar-refractivity contribution is -0.289. The molecule has 1 N–H and O–H groups in total. The van der Waals surface area contributed by atoms with E-state index < -0.39 is 23.8 Å². The summed E-state index contributed by atoms with van der Waals surface area (Å²) in [5.41, 5.74) is -0.791. The Balaban J connectivity index is 2.96. The number of hydrogen-bond acceptors (Lipinski definition) is 1. The monoisotopic (exact) mass is 268 g/mol. The number of hydrogen-bond donors (Lipinski definition) is 1. The first kappa shape index (κ1) is 14.9. The van der Waals surface area contributed by atoms with E-state index in [4.69, 9.17) is 0 Å². The minimum atomic E-state index is -5.61. The van der Waals surface area contributed by atoms with E-state index >= 15 is 0 Å². The largest absolute Gasteiger partial charge is 0.458 e. The van der Waals surface area contributed by atoms with Gasteiger partial charge in [-0.15, -0.1) is 0 Å². The zero-order valence-electron chi connectivity index (χ0n) is 9.64.